The van der Waals surface area contributed by atoms with Crippen LogP contribution in [0.2, 0.25) is 0 Å². The minimum atomic E-state index is -0.463. The summed E-state index contributed by atoms with van der Waals surface area (Å²) in [6.45, 7) is 7.98. The van der Waals surface area contributed by atoms with E-state index in [1.165, 1.54) is 4.88 Å². The van der Waals surface area contributed by atoms with Crippen molar-refractivity contribution in [3.8, 4) is 0 Å². The maximum absolute atomic E-state index is 12.2. The molecule has 1 unspecified atom stereocenters. The van der Waals surface area contributed by atoms with Crippen molar-refractivity contribution in [3.63, 3.8) is 0 Å². The van der Waals surface area contributed by atoms with Crippen LogP contribution in [-0.4, -0.2) is 23.9 Å². The fourth-order valence-corrected chi connectivity index (χ4v) is 2.33. The molecule has 0 saturated carbocycles. The summed E-state index contributed by atoms with van der Waals surface area (Å²) >= 11 is 1.66. The van der Waals surface area contributed by atoms with Gasteiger partial charge in [0.05, 0.1) is 12.1 Å². The van der Waals surface area contributed by atoms with Gasteiger partial charge in [0.1, 0.15) is 0 Å². The van der Waals surface area contributed by atoms with E-state index in [-0.39, 0.29) is 17.4 Å². The Morgan fingerprint density at radius 3 is 2.47 bits per heavy atom. The van der Waals surface area contributed by atoms with Crippen molar-refractivity contribution in [2.75, 3.05) is 7.05 Å². The lowest BCUT2D eigenvalue weighted by Gasteiger charge is -2.32. The largest absolute Gasteiger partial charge is 0.337 e. The number of rotatable bonds is 3. The van der Waals surface area contributed by atoms with Gasteiger partial charge in [-0.3, -0.25) is 4.79 Å². The van der Waals surface area contributed by atoms with E-state index < -0.39 is 6.04 Å². The van der Waals surface area contributed by atoms with Gasteiger partial charge < -0.3 is 10.6 Å². The van der Waals surface area contributed by atoms with Gasteiger partial charge >= 0.3 is 0 Å². The summed E-state index contributed by atoms with van der Waals surface area (Å²) in [7, 11) is 1.82. The summed E-state index contributed by atoms with van der Waals surface area (Å²) in [5, 5.41) is 2.02. The Morgan fingerprint density at radius 2 is 2.06 bits per heavy atom. The molecule has 1 amide bonds. The zero-order chi connectivity index (χ0) is 13.2. The van der Waals surface area contributed by atoms with E-state index in [1.807, 2.05) is 52.3 Å². The normalized spacial score (nSPS) is 15.4. The van der Waals surface area contributed by atoms with E-state index in [4.69, 9.17) is 5.73 Å². The molecule has 1 aromatic rings. The van der Waals surface area contributed by atoms with Crippen LogP contribution in [0.25, 0.3) is 0 Å². The number of hydrogen-bond donors (Lipinski definition) is 1. The third-order valence-electron chi connectivity index (χ3n) is 3.08. The molecule has 0 aliphatic carbocycles. The van der Waals surface area contributed by atoms with Crippen LogP contribution < -0.4 is 5.73 Å². The number of carbonyl (C=O) groups is 1. The molecule has 2 N–H and O–H groups in total. The smallest absolute Gasteiger partial charge is 0.240 e. The highest BCUT2D eigenvalue weighted by Crippen LogP contribution is 2.26. The van der Waals surface area contributed by atoms with Crippen LogP contribution in [0.5, 0.6) is 0 Å². The number of nitrogens with zero attached hydrogens (tertiary/aromatic N) is 1. The molecule has 17 heavy (non-hydrogen) atoms. The molecule has 0 aliphatic heterocycles. The Labute approximate surface area is 108 Å². The minimum absolute atomic E-state index is 0.00148. The topological polar surface area (TPSA) is 46.3 Å². The van der Waals surface area contributed by atoms with Crippen LogP contribution in [-0.2, 0) is 4.79 Å². The van der Waals surface area contributed by atoms with E-state index >= 15 is 0 Å². The molecular weight excluding hydrogens is 232 g/mol. The highest BCUT2D eigenvalue weighted by Gasteiger charge is 2.31. The Kier molecular flexibility index (Phi) is 4.33. The molecule has 0 aliphatic rings. The summed E-state index contributed by atoms with van der Waals surface area (Å²) in [4.78, 5) is 15.2. The van der Waals surface area contributed by atoms with E-state index in [1.54, 1.807) is 16.2 Å². The second kappa shape index (κ2) is 5.19. The molecule has 0 radical (unpaired) electrons. The van der Waals surface area contributed by atoms with Gasteiger partial charge in [-0.2, -0.15) is 0 Å². The van der Waals surface area contributed by atoms with Crippen LogP contribution in [0.3, 0.4) is 0 Å². The second-order valence-corrected chi connectivity index (χ2v) is 6.46. The number of nitrogens with two attached hydrogens (primary N) is 1. The number of carbonyl (C=O) groups excluding carboxylic acids is 1. The third-order valence-corrected chi connectivity index (χ3v) is 4.13. The van der Waals surface area contributed by atoms with E-state index in [0.717, 1.165) is 0 Å². The molecule has 0 fully saturated rings. The van der Waals surface area contributed by atoms with Crippen molar-refractivity contribution in [1.82, 2.24) is 4.90 Å². The van der Waals surface area contributed by atoms with Gasteiger partial charge in [0.15, 0.2) is 0 Å². The van der Waals surface area contributed by atoms with Crippen molar-refractivity contribution < 1.29 is 4.79 Å². The molecule has 1 heterocycles. The van der Waals surface area contributed by atoms with Crippen LogP contribution in [0.1, 0.15) is 38.6 Å². The Bertz CT molecular complexity index is 367. The van der Waals surface area contributed by atoms with Crippen molar-refractivity contribution in [2.45, 2.75) is 39.8 Å². The molecular formula is C13H22N2OS. The first-order valence-corrected chi connectivity index (χ1v) is 6.68. The van der Waals surface area contributed by atoms with E-state index in [9.17, 15) is 4.79 Å². The maximum Gasteiger partial charge on any atom is 0.240 e. The van der Waals surface area contributed by atoms with Gasteiger partial charge in [0.2, 0.25) is 5.91 Å². The van der Waals surface area contributed by atoms with Gasteiger partial charge in [-0.25, -0.2) is 0 Å². The maximum atomic E-state index is 12.2. The van der Waals surface area contributed by atoms with Gasteiger partial charge in [-0.1, -0.05) is 26.8 Å². The fourth-order valence-electron chi connectivity index (χ4n) is 1.50. The van der Waals surface area contributed by atoms with Crippen molar-refractivity contribution in [2.24, 2.45) is 11.1 Å². The minimum Gasteiger partial charge on any atom is -0.337 e. The lowest BCUT2D eigenvalue weighted by atomic mass is 9.86. The second-order valence-electron chi connectivity index (χ2n) is 5.48. The van der Waals surface area contributed by atoms with Crippen LogP contribution in [0, 0.1) is 5.41 Å². The first-order chi connectivity index (χ1) is 7.75. The molecule has 0 saturated heterocycles. The highest BCUT2D eigenvalue weighted by molar-refractivity contribution is 7.10. The molecule has 1 aromatic heterocycles. The molecule has 1 rings (SSSR count). The summed E-state index contributed by atoms with van der Waals surface area (Å²) in [6, 6.07) is 3.66. The molecule has 2 atom stereocenters. The zero-order valence-corrected chi connectivity index (χ0v) is 12.0. The van der Waals surface area contributed by atoms with Crippen molar-refractivity contribution in [1.29, 1.82) is 0 Å². The number of thiophene rings is 1. The standard InChI is InChI=1S/C13H22N2OS/c1-9(10-7-6-8-17-10)15(5)12(16)11(14)13(2,3)4/h6-9,11H,14H2,1-5H3/t9?,11-/m1/s1. The van der Waals surface area contributed by atoms with Crippen LogP contribution in [0.15, 0.2) is 17.5 Å². The molecule has 4 heteroatoms. The summed E-state index contributed by atoms with van der Waals surface area (Å²) in [6.07, 6.45) is 0. The molecule has 0 bridgehead atoms. The van der Waals surface area contributed by atoms with Gasteiger partial charge in [0, 0.05) is 11.9 Å². The van der Waals surface area contributed by atoms with Crippen molar-refractivity contribution in [3.05, 3.63) is 22.4 Å². The lowest BCUT2D eigenvalue weighted by Crippen LogP contribution is -2.49. The van der Waals surface area contributed by atoms with Gasteiger partial charge in [-0.05, 0) is 23.8 Å². The predicted molar refractivity (Wildman–Crippen MR) is 72.9 cm³/mol. The first-order valence-electron chi connectivity index (χ1n) is 5.81. The quantitative estimate of drug-likeness (QED) is 0.901. The first kappa shape index (κ1) is 14.2. The molecule has 0 spiro atoms. The van der Waals surface area contributed by atoms with Crippen molar-refractivity contribution >= 4 is 17.2 Å². The SMILES string of the molecule is CC(c1cccs1)N(C)C(=O)[C@@H](N)C(C)(C)C. The molecule has 96 valence electrons. The average molecular weight is 254 g/mol. The Balaban J connectivity index is 2.77. The zero-order valence-electron chi connectivity index (χ0n) is 11.2. The van der Waals surface area contributed by atoms with Gasteiger partial charge in [-0.15, -0.1) is 11.3 Å². The van der Waals surface area contributed by atoms with Crippen LogP contribution in [0.4, 0.5) is 0 Å². The number of likely N-dealkylation sites (N-methyl/N-ethyl adjacent to an activating group) is 1. The van der Waals surface area contributed by atoms with Crippen LogP contribution >= 0.6 is 11.3 Å². The average Bonchev–Trinajstić information content (AvgIpc) is 2.77. The van der Waals surface area contributed by atoms with E-state index in [2.05, 4.69) is 0 Å². The van der Waals surface area contributed by atoms with E-state index in [0.29, 0.717) is 0 Å². The Morgan fingerprint density at radius 1 is 1.47 bits per heavy atom. The summed E-state index contributed by atoms with van der Waals surface area (Å²) in [5.74, 6) is -0.00148. The monoisotopic (exact) mass is 254 g/mol. The predicted octanol–water partition coefficient (Wildman–Crippen LogP) is 2.64. The summed E-state index contributed by atoms with van der Waals surface area (Å²) in [5.41, 5.74) is 5.79. The number of amides is 1. The molecule has 0 aromatic carbocycles. The van der Waals surface area contributed by atoms with Gasteiger partial charge in [0.25, 0.3) is 0 Å². The number of hydrogen-bond acceptors (Lipinski definition) is 3. The highest BCUT2D eigenvalue weighted by atomic mass is 32.1. The molecule has 3 nitrogen and oxygen atoms in total. The fraction of sp³-hybridized carbons (Fsp3) is 0.615. The summed E-state index contributed by atoms with van der Waals surface area (Å²) < 4.78 is 0. The Hall–Kier alpha value is -0.870. The third kappa shape index (κ3) is 3.30. The lowest BCUT2D eigenvalue weighted by molar-refractivity contribution is -0.135.